The number of aromatic nitrogens is 3. The molecule has 0 bridgehead atoms. The van der Waals surface area contributed by atoms with Crippen molar-refractivity contribution in [1.82, 2.24) is 15.0 Å². The number of anilines is 1. The number of H-pyrrole nitrogens is 1. The van der Waals surface area contributed by atoms with Crippen molar-refractivity contribution in [3.05, 3.63) is 30.2 Å². The van der Waals surface area contributed by atoms with E-state index in [0.29, 0.717) is 5.82 Å². The number of nitrogens with two attached hydrogens (primary N) is 1. The molecule has 2 aromatic heterocycles. The number of nitrogen functional groups attached to an aromatic ring is 1. The van der Waals surface area contributed by atoms with E-state index in [1.54, 1.807) is 6.20 Å². The van der Waals surface area contributed by atoms with E-state index in [0.717, 1.165) is 27.6 Å². The summed E-state index contributed by atoms with van der Waals surface area (Å²) in [7, 11) is 0. The molecule has 2 heterocycles. The number of fused-ring (bicyclic) bond motifs is 3. The molecular formula is C11H10N4. The third kappa shape index (κ3) is 1.08. The molecule has 74 valence electrons. The van der Waals surface area contributed by atoms with Gasteiger partial charge in [-0.1, -0.05) is 0 Å². The van der Waals surface area contributed by atoms with Crippen LogP contribution in [0.2, 0.25) is 0 Å². The maximum Gasteiger partial charge on any atom is 0.135 e. The van der Waals surface area contributed by atoms with E-state index >= 15 is 0 Å². The summed E-state index contributed by atoms with van der Waals surface area (Å²) < 4.78 is 0. The van der Waals surface area contributed by atoms with Crippen LogP contribution in [0.4, 0.5) is 5.82 Å². The lowest BCUT2D eigenvalue weighted by Crippen LogP contribution is -1.97. The molecule has 0 aliphatic rings. The highest BCUT2D eigenvalue weighted by Crippen LogP contribution is 2.26. The zero-order valence-corrected chi connectivity index (χ0v) is 8.28. The van der Waals surface area contributed by atoms with Crippen LogP contribution in [0.15, 0.2) is 24.4 Å². The van der Waals surface area contributed by atoms with Crippen LogP contribution < -0.4 is 5.73 Å². The summed E-state index contributed by atoms with van der Waals surface area (Å²) in [6.07, 6.45) is 1.78. The van der Waals surface area contributed by atoms with Crippen LogP contribution in [0.1, 0.15) is 5.82 Å². The topological polar surface area (TPSA) is 67.6 Å². The second-order valence-electron chi connectivity index (χ2n) is 3.57. The molecule has 3 N–H and O–H groups in total. The molecule has 0 amide bonds. The molecule has 3 aromatic rings. The number of hydrogen-bond acceptors (Lipinski definition) is 3. The Kier molecular flexibility index (Phi) is 1.48. The first kappa shape index (κ1) is 8.23. The highest BCUT2D eigenvalue weighted by Gasteiger charge is 2.06. The number of aryl methyl sites for hydroxylation is 1. The SMILES string of the molecule is Cc1nc(N)c2c(ccc3nccc32)[nH]1. The first-order valence-corrected chi connectivity index (χ1v) is 4.75. The third-order valence-electron chi connectivity index (χ3n) is 2.54. The number of nitrogens with one attached hydrogen (secondary N) is 1. The first-order valence-electron chi connectivity index (χ1n) is 4.75. The molecule has 0 spiro atoms. The second-order valence-corrected chi connectivity index (χ2v) is 3.57. The van der Waals surface area contributed by atoms with Crippen molar-refractivity contribution in [3.8, 4) is 0 Å². The minimum absolute atomic E-state index is 0.555. The Bertz CT molecular complexity index is 654. The summed E-state index contributed by atoms with van der Waals surface area (Å²) in [6, 6.07) is 5.92. The van der Waals surface area contributed by atoms with Crippen molar-refractivity contribution >= 4 is 27.6 Å². The molecule has 4 nitrogen and oxygen atoms in total. The monoisotopic (exact) mass is 198 g/mol. The summed E-state index contributed by atoms with van der Waals surface area (Å²) in [5, 5.41) is 2.00. The van der Waals surface area contributed by atoms with E-state index in [4.69, 9.17) is 5.73 Å². The van der Waals surface area contributed by atoms with Crippen molar-refractivity contribution in [2.24, 2.45) is 0 Å². The summed E-state index contributed by atoms with van der Waals surface area (Å²) in [4.78, 5) is 11.7. The van der Waals surface area contributed by atoms with Crippen molar-refractivity contribution < 1.29 is 0 Å². The average Bonchev–Trinajstić information content (AvgIpc) is 2.63. The Morgan fingerprint density at radius 2 is 2.13 bits per heavy atom. The average molecular weight is 198 g/mol. The highest BCUT2D eigenvalue weighted by molar-refractivity contribution is 6.09. The van der Waals surface area contributed by atoms with Crippen LogP contribution in [0.3, 0.4) is 0 Å². The molecule has 15 heavy (non-hydrogen) atoms. The van der Waals surface area contributed by atoms with Crippen LogP contribution in [-0.2, 0) is 0 Å². The van der Waals surface area contributed by atoms with Crippen molar-refractivity contribution in [2.75, 3.05) is 5.73 Å². The predicted molar refractivity (Wildman–Crippen MR) is 60.5 cm³/mol. The molecule has 4 heteroatoms. The van der Waals surface area contributed by atoms with E-state index in [-0.39, 0.29) is 0 Å². The smallest absolute Gasteiger partial charge is 0.135 e. The Morgan fingerprint density at radius 3 is 3.00 bits per heavy atom. The normalized spacial score (nSPS) is 11.3. The molecule has 0 aliphatic heterocycles. The molecule has 0 aliphatic carbocycles. The lowest BCUT2D eigenvalue weighted by molar-refractivity contribution is 1.10. The van der Waals surface area contributed by atoms with E-state index in [1.165, 1.54) is 0 Å². The number of rotatable bonds is 0. The Labute approximate surface area is 86.1 Å². The number of nitrogens with zero attached hydrogens (tertiary/aromatic N) is 2. The standard InChI is InChI=1S/C11H10N4/c1-6-14-9-3-2-8-7(4-5-13-8)10(9)11(12)15-6/h2-5H,12H2,1H3,(H,14,15). The van der Waals surface area contributed by atoms with Crippen LogP contribution in [-0.4, -0.2) is 15.0 Å². The Hall–Kier alpha value is -2.10. The fourth-order valence-electron chi connectivity index (χ4n) is 1.92. The van der Waals surface area contributed by atoms with Crippen LogP contribution in [0, 0.1) is 6.92 Å². The zero-order valence-electron chi connectivity index (χ0n) is 8.28. The highest BCUT2D eigenvalue weighted by atomic mass is 14.9. The first-order chi connectivity index (χ1) is 7.25. The van der Waals surface area contributed by atoms with Crippen molar-refractivity contribution in [2.45, 2.75) is 6.92 Å². The third-order valence-corrected chi connectivity index (χ3v) is 2.54. The van der Waals surface area contributed by atoms with E-state index in [1.807, 2.05) is 25.1 Å². The van der Waals surface area contributed by atoms with Crippen LogP contribution in [0.25, 0.3) is 21.8 Å². The molecule has 0 atom stereocenters. The number of benzene rings is 1. The van der Waals surface area contributed by atoms with Gasteiger partial charge in [-0.05, 0) is 25.1 Å². The van der Waals surface area contributed by atoms with Gasteiger partial charge in [0.05, 0.1) is 11.0 Å². The minimum Gasteiger partial charge on any atom is -0.383 e. The molecule has 0 fully saturated rings. The summed E-state index contributed by atoms with van der Waals surface area (Å²) in [5.41, 5.74) is 7.88. The quantitative estimate of drug-likeness (QED) is 0.580. The fourth-order valence-corrected chi connectivity index (χ4v) is 1.92. The largest absolute Gasteiger partial charge is 0.383 e. The van der Waals surface area contributed by atoms with Gasteiger partial charge in [0.2, 0.25) is 0 Å². The Balaban J connectivity index is 2.62. The minimum atomic E-state index is 0.555. The van der Waals surface area contributed by atoms with Crippen molar-refractivity contribution in [1.29, 1.82) is 0 Å². The van der Waals surface area contributed by atoms with Gasteiger partial charge < -0.3 is 10.7 Å². The summed E-state index contributed by atoms with van der Waals surface area (Å²) in [6.45, 7) is 1.89. The summed E-state index contributed by atoms with van der Waals surface area (Å²) in [5.74, 6) is 1.37. The van der Waals surface area contributed by atoms with Crippen molar-refractivity contribution in [3.63, 3.8) is 0 Å². The molecule has 0 unspecified atom stereocenters. The van der Waals surface area contributed by atoms with Gasteiger partial charge >= 0.3 is 0 Å². The molecular weight excluding hydrogens is 188 g/mol. The fraction of sp³-hybridized carbons (Fsp3) is 0.0909. The van der Waals surface area contributed by atoms with Crippen LogP contribution in [0.5, 0.6) is 0 Å². The van der Waals surface area contributed by atoms with E-state index < -0.39 is 0 Å². The molecule has 0 saturated heterocycles. The van der Waals surface area contributed by atoms with Gasteiger partial charge in [0.25, 0.3) is 0 Å². The Morgan fingerprint density at radius 1 is 1.27 bits per heavy atom. The summed E-state index contributed by atoms with van der Waals surface area (Å²) >= 11 is 0. The maximum absolute atomic E-state index is 5.92. The van der Waals surface area contributed by atoms with Gasteiger partial charge in [-0.2, -0.15) is 0 Å². The lowest BCUT2D eigenvalue weighted by atomic mass is 10.1. The second kappa shape index (κ2) is 2.70. The van der Waals surface area contributed by atoms with Crippen LogP contribution >= 0.6 is 0 Å². The van der Waals surface area contributed by atoms with Gasteiger partial charge in [0, 0.05) is 17.0 Å². The molecule has 0 radical (unpaired) electrons. The zero-order chi connectivity index (χ0) is 10.4. The van der Waals surface area contributed by atoms with Gasteiger partial charge in [0.15, 0.2) is 0 Å². The van der Waals surface area contributed by atoms with E-state index in [2.05, 4.69) is 15.0 Å². The molecule has 3 rings (SSSR count). The number of aromatic amines is 1. The van der Waals surface area contributed by atoms with Gasteiger partial charge in [0.1, 0.15) is 11.6 Å². The predicted octanol–water partition coefficient (Wildman–Crippen LogP) is 2.00. The van der Waals surface area contributed by atoms with Gasteiger partial charge in [-0.3, -0.25) is 4.98 Å². The maximum atomic E-state index is 5.92. The van der Waals surface area contributed by atoms with Gasteiger partial charge in [-0.25, -0.2) is 4.98 Å². The number of hydrogen-bond donors (Lipinski definition) is 2. The van der Waals surface area contributed by atoms with E-state index in [9.17, 15) is 0 Å². The lowest BCUT2D eigenvalue weighted by Gasteiger charge is -2.04. The van der Waals surface area contributed by atoms with Gasteiger partial charge in [-0.15, -0.1) is 0 Å². The molecule has 1 aromatic carbocycles. The molecule has 0 saturated carbocycles.